The summed E-state index contributed by atoms with van der Waals surface area (Å²) in [6.07, 6.45) is 12.1. The van der Waals surface area contributed by atoms with Crippen LogP contribution in [0.25, 0.3) is 0 Å². The van der Waals surface area contributed by atoms with Gasteiger partial charge in [-0.3, -0.25) is 0 Å². The molecule has 0 unspecified atom stereocenters. The van der Waals surface area contributed by atoms with Crippen molar-refractivity contribution < 1.29 is 114 Å². The molecule has 0 spiro atoms. The fourth-order valence-electron chi connectivity index (χ4n) is 6.63. The Kier molecular flexibility index (Phi) is 79.1. The van der Waals surface area contributed by atoms with E-state index in [1.807, 2.05) is 0 Å². The van der Waals surface area contributed by atoms with Crippen LogP contribution in [-0.2, 0) is 109 Å². The quantitative estimate of drug-likeness (QED) is 0.0838. The number of aliphatic hydroxyl groups is 1. The molecule has 0 heterocycles. The largest absolute Gasteiger partial charge is 0.394 e. The van der Waals surface area contributed by atoms with E-state index >= 15 is 0 Å². The second kappa shape index (κ2) is 80.0. The van der Waals surface area contributed by atoms with Gasteiger partial charge in [-0.15, -0.1) is 0 Å². The van der Waals surface area contributed by atoms with Gasteiger partial charge in [-0.05, 0) is 25.7 Å². The highest BCUT2D eigenvalue weighted by Gasteiger charge is 2.01. The molecule has 0 saturated heterocycles. The summed E-state index contributed by atoms with van der Waals surface area (Å²) in [6, 6.07) is 0. The molecule has 0 atom stereocenters. The summed E-state index contributed by atoms with van der Waals surface area (Å²) in [6.45, 7) is 26.5. The Balaban J connectivity index is 3.08. The summed E-state index contributed by atoms with van der Waals surface area (Å²) >= 11 is 0. The molecule has 0 amide bonds. The molecule has 0 rings (SSSR count). The van der Waals surface area contributed by atoms with E-state index in [1.54, 1.807) is 0 Å². The van der Waals surface area contributed by atoms with E-state index in [0.29, 0.717) is 297 Å². The second-order valence-electron chi connectivity index (χ2n) is 18.0. The van der Waals surface area contributed by atoms with Crippen LogP contribution in [0.1, 0.15) is 71.1 Å². The molecule has 0 fully saturated rings. The lowest BCUT2D eigenvalue weighted by atomic mass is 10.1. The first-order valence-corrected chi connectivity index (χ1v) is 30.8. The molecular formula is C58H118O24. The Hall–Kier alpha value is -0.960. The Labute approximate surface area is 494 Å². The molecule has 1 N–H and O–H groups in total. The first-order valence-electron chi connectivity index (χ1n) is 30.8. The highest BCUT2D eigenvalue weighted by molar-refractivity contribution is 4.47. The molecule has 0 saturated carbocycles. The van der Waals surface area contributed by atoms with Crippen molar-refractivity contribution in [1.29, 1.82) is 0 Å². The van der Waals surface area contributed by atoms with Crippen molar-refractivity contribution in [1.82, 2.24) is 0 Å². The summed E-state index contributed by atoms with van der Waals surface area (Å²) in [5.41, 5.74) is 0. The zero-order chi connectivity index (χ0) is 58.6. The van der Waals surface area contributed by atoms with Gasteiger partial charge in [0.25, 0.3) is 0 Å². The minimum Gasteiger partial charge on any atom is -0.394 e. The van der Waals surface area contributed by atoms with E-state index < -0.39 is 0 Å². The second-order valence-corrected chi connectivity index (χ2v) is 18.0. The predicted molar refractivity (Wildman–Crippen MR) is 308 cm³/mol. The molecule has 0 aliphatic carbocycles. The van der Waals surface area contributed by atoms with Crippen molar-refractivity contribution in [3.8, 4) is 0 Å². The maximum absolute atomic E-state index is 8.62. The minimum atomic E-state index is 0.0246. The van der Waals surface area contributed by atoms with Crippen molar-refractivity contribution in [2.45, 2.75) is 71.1 Å². The van der Waals surface area contributed by atoms with Gasteiger partial charge >= 0.3 is 0 Å². The first kappa shape index (κ1) is 81.0. The lowest BCUT2D eigenvalue weighted by molar-refractivity contribution is -0.0310. The van der Waals surface area contributed by atoms with Crippen LogP contribution >= 0.6 is 0 Å². The van der Waals surface area contributed by atoms with Gasteiger partial charge in [-0.25, -0.2) is 0 Å². The number of ether oxygens (including phenoxy) is 23. The number of unbranched alkanes of at least 4 members (excludes halogenated alkanes) is 8. The highest BCUT2D eigenvalue weighted by atomic mass is 16.6. The summed E-state index contributed by atoms with van der Waals surface area (Å²) in [5.74, 6) is 0. The zero-order valence-electron chi connectivity index (χ0n) is 51.1. The molecule has 24 nitrogen and oxygen atoms in total. The molecule has 24 heteroatoms. The normalized spacial score (nSPS) is 11.8. The van der Waals surface area contributed by atoms with Crippen LogP contribution < -0.4 is 0 Å². The molecule has 494 valence electrons. The zero-order valence-corrected chi connectivity index (χ0v) is 51.1. The van der Waals surface area contributed by atoms with Crippen molar-refractivity contribution >= 4 is 0 Å². The van der Waals surface area contributed by atoms with Crippen molar-refractivity contribution in [3.63, 3.8) is 0 Å². The average Bonchev–Trinajstić information content (AvgIpc) is 3.48. The van der Waals surface area contributed by atoms with E-state index in [-0.39, 0.29) is 6.61 Å². The Bertz CT molecular complexity index is 1000. The minimum absolute atomic E-state index is 0.0246. The summed E-state index contributed by atoms with van der Waals surface area (Å²) in [4.78, 5) is 0. The van der Waals surface area contributed by atoms with Crippen LogP contribution in [0, 0.1) is 0 Å². The topological polar surface area (TPSA) is 233 Å². The van der Waals surface area contributed by atoms with Gasteiger partial charge in [-0.2, -0.15) is 0 Å². The van der Waals surface area contributed by atoms with Crippen LogP contribution in [0.15, 0.2) is 0 Å². The van der Waals surface area contributed by atoms with E-state index in [2.05, 4.69) is 6.92 Å². The van der Waals surface area contributed by atoms with Crippen molar-refractivity contribution in [2.75, 3.05) is 311 Å². The fourth-order valence-corrected chi connectivity index (χ4v) is 6.63. The lowest BCUT2D eigenvalue weighted by Crippen LogP contribution is -2.16. The maximum Gasteiger partial charge on any atom is 0.0701 e. The van der Waals surface area contributed by atoms with E-state index in [4.69, 9.17) is 114 Å². The SMILES string of the molecule is CCCCCCCCCOCCOCCOCCOCCOCCOCCOCCOCCOCCOCCOCCOCCOCCOCCOCCOCCOCCOCCCCCOCCOCCOCCOCCOCCO. The van der Waals surface area contributed by atoms with E-state index in [0.717, 1.165) is 32.3 Å². The number of hydrogen-bond acceptors (Lipinski definition) is 24. The molecule has 0 aliphatic heterocycles. The number of aliphatic hydroxyl groups excluding tert-OH is 1. The van der Waals surface area contributed by atoms with Gasteiger partial charge < -0.3 is 114 Å². The van der Waals surface area contributed by atoms with Crippen LogP contribution in [0.5, 0.6) is 0 Å². The van der Waals surface area contributed by atoms with Gasteiger partial charge in [0, 0.05) is 19.8 Å². The predicted octanol–water partition coefficient (Wildman–Crippen LogP) is 4.28. The molecule has 0 aromatic rings. The van der Waals surface area contributed by atoms with Gasteiger partial charge in [0.05, 0.1) is 291 Å². The van der Waals surface area contributed by atoms with Crippen molar-refractivity contribution in [2.24, 2.45) is 0 Å². The first-order chi connectivity index (χ1) is 40.9. The Morgan fingerprint density at radius 2 is 0.244 bits per heavy atom. The molecule has 82 heavy (non-hydrogen) atoms. The average molecular weight is 1200 g/mol. The smallest absolute Gasteiger partial charge is 0.0701 e. The Morgan fingerprint density at radius 3 is 0.390 bits per heavy atom. The fraction of sp³-hybridized carbons (Fsp3) is 1.00. The number of hydrogen-bond donors (Lipinski definition) is 1. The molecule has 0 aliphatic rings. The number of rotatable bonds is 79. The Morgan fingerprint density at radius 1 is 0.134 bits per heavy atom. The third kappa shape index (κ3) is 79.0. The summed E-state index contributed by atoms with van der Waals surface area (Å²) < 4.78 is 127. The van der Waals surface area contributed by atoms with Crippen LogP contribution in [-0.4, -0.2) is 316 Å². The maximum atomic E-state index is 8.62. The summed E-state index contributed by atoms with van der Waals surface area (Å²) in [5, 5.41) is 8.62. The van der Waals surface area contributed by atoms with Crippen LogP contribution in [0.3, 0.4) is 0 Å². The van der Waals surface area contributed by atoms with Crippen molar-refractivity contribution in [3.05, 3.63) is 0 Å². The van der Waals surface area contributed by atoms with Crippen LogP contribution in [0.2, 0.25) is 0 Å². The van der Waals surface area contributed by atoms with E-state index in [1.165, 1.54) is 38.5 Å². The van der Waals surface area contributed by atoms with Gasteiger partial charge in [0.2, 0.25) is 0 Å². The lowest BCUT2D eigenvalue weighted by Gasteiger charge is -2.09. The van der Waals surface area contributed by atoms with E-state index in [9.17, 15) is 0 Å². The van der Waals surface area contributed by atoms with Gasteiger partial charge in [0.1, 0.15) is 0 Å². The molecule has 0 bridgehead atoms. The molecule has 0 aromatic carbocycles. The monoisotopic (exact) mass is 1200 g/mol. The highest BCUT2D eigenvalue weighted by Crippen LogP contribution is 2.07. The third-order valence-corrected chi connectivity index (χ3v) is 11.0. The van der Waals surface area contributed by atoms with Gasteiger partial charge in [-0.1, -0.05) is 45.4 Å². The van der Waals surface area contributed by atoms with Crippen LogP contribution in [0.4, 0.5) is 0 Å². The molecule has 0 radical (unpaired) electrons. The third-order valence-electron chi connectivity index (χ3n) is 11.0. The van der Waals surface area contributed by atoms with Gasteiger partial charge in [0.15, 0.2) is 0 Å². The standard InChI is InChI=1S/C58H118O24/c1-2-3-4-5-6-7-9-13-60-17-21-64-25-30-69-33-35-71-37-39-73-41-43-75-45-47-77-49-51-79-53-55-81-57-58-82-56-54-80-52-50-78-48-46-76-44-42-74-40-38-72-36-34-70-31-27-66-23-19-62-15-11-8-10-14-61-18-22-65-26-29-68-32-28-67-24-20-63-16-12-59/h59H,2-58H2,1H3. The summed E-state index contributed by atoms with van der Waals surface area (Å²) in [7, 11) is 0. The molecule has 0 aromatic heterocycles. The molecular weight excluding hydrogens is 1080 g/mol.